The van der Waals surface area contributed by atoms with E-state index >= 15 is 0 Å². The number of ether oxygens (including phenoxy) is 1. The summed E-state index contributed by atoms with van der Waals surface area (Å²) in [5.74, 6) is 0.754. The maximum absolute atomic E-state index is 6.09. The lowest BCUT2D eigenvalue weighted by molar-refractivity contribution is 0.122. The molecule has 0 amide bonds. The van der Waals surface area contributed by atoms with Crippen LogP contribution in [-0.2, 0) is 10.2 Å². The van der Waals surface area contributed by atoms with Crippen LogP contribution in [0.3, 0.4) is 0 Å². The third-order valence-electron chi connectivity index (χ3n) is 3.60. The molecule has 2 fully saturated rings. The first-order chi connectivity index (χ1) is 9.17. The van der Waals surface area contributed by atoms with E-state index in [1.807, 2.05) is 19.9 Å². The number of nitrogens with zero attached hydrogens (tertiary/aromatic N) is 3. The molecule has 4 nitrogen and oxygen atoms in total. The highest BCUT2D eigenvalue weighted by atomic mass is 35.5. The summed E-state index contributed by atoms with van der Waals surface area (Å²) in [6.07, 6.45) is 2.39. The molecule has 1 saturated heterocycles. The van der Waals surface area contributed by atoms with Crippen molar-refractivity contribution in [3.63, 3.8) is 0 Å². The minimum absolute atomic E-state index is 0.230. The molecule has 2 heterocycles. The Hall–Kier alpha value is -0.870. The van der Waals surface area contributed by atoms with Gasteiger partial charge in [-0.1, -0.05) is 32.4 Å². The quantitative estimate of drug-likeness (QED) is 0.782. The highest BCUT2D eigenvalue weighted by Gasteiger charge is 2.41. The molecule has 0 unspecified atom stereocenters. The number of rotatable bonds is 2. The molecule has 19 heavy (non-hydrogen) atoms. The molecule has 0 aromatic carbocycles. The van der Waals surface area contributed by atoms with Crippen molar-refractivity contribution in [1.82, 2.24) is 9.97 Å². The summed E-state index contributed by atoms with van der Waals surface area (Å²) in [6.45, 7) is 9.40. The van der Waals surface area contributed by atoms with Crippen LogP contribution in [0, 0.1) is 0 Å². The molecule has 0 spiro atoms. The summed E-state index contributed by atoms with van der Waals surface area (Å²) >= 11 is 6.09. The van der Waals surface area contributed by atoms with Crippen LogP contribution < -0.4 is 4.90 Å². The smallest absolute Gasteiger partial charge is 0.227 e. The number of hydrogen-bond acceptors (Lipinski definition) is 4. The molecule has 1 saturated carbocycles. The molecule has 2 aliphatic rings. The van der Waals surface area contributed by atoms with E-state index in [4.69, 9.17) is 16.3 Å². The number of morpholine rings is 1. The van der Waals surface area contributed by atoms with Crippen molar-refractivity contribution in [2.75, 3.05) is 31.2 Å². The molecule has 0 atom stereocenters. The van der Waals surface area contributed by atoms with E-state index in [0.717, 1.165) is 37.9 Å². The topological polar surface area (TPSA) is 38.2 Å². The zero-order chi connectivity index (χ0) is 13.9. The zero-order valence-electron chi connectivity index (χ0n) is 11.9. The molecule has 0 bridgehead atoms. The third-order valence-corrected chi connectivity index (χ3v) is 3.79. The molecule has 5 heteroatoms. The number of aromatic nitrogens is 2. The lowest BCUT2D eigenvalue weighted by Crippen LogP contribution is -2.37. The van der Waals surface area contributed by atoms with Crippen LogP contribution in [0.25, 0.3) is 0 Å². The standard InChI is InChI=1S/C12H16ClN3O.C2H6/c1-12(2-3-12)9-8-10(13)15-11(14-9)16-4-6-17-7-5-16;1-2/h8H,2-7H2,1H3;1-2H3. The van der Waals surface area contributed by atoms with E-state index in [0.29, 0.717) is 5.15 Å². The molecule has 3 rings (SSSR count). The van der Waals surface area contributed by atoms with Gasteiger partial charge < -0.3 is 9.64 Å². The zero-order valence-corrected chi connectivity index (χ0v) is 12.7. The number of anilines is 1. The Morgan fingerprint density at radius 2 is 1.84 bits per heavy atom. The molecule has 1 aliphatic heterocycles. The molecule has 106 valence electrons. The van der Waals surface area contributed by atoms with Crippen LogP contribution in [-0.4, -0.2) is 36.3 Å². The van der Waals surface area contributed by atoms with Crippen molar-refractivity contribution in [2.24, 2.45) is 0 Å². The van der Waals surface area contributed by atoms with Gasteiger partial charge in [0.1, 0.15) is 5.15 Å². The molecule has 0 radical (unpaired) electrons. The van der Waals surface area contributed by atoms with Crippen molar-refractivity contribution in [3.8, 4) is 0 Å². The largest absolute Gasteiger partial charge is 0.378 e. The summed E-state index contributed by atoms with van der Waals surface area (Å²) in [4.78, 5) is 11.1. The third kappa shape index (κ3) is 3.37. The summed E-state index contributed by atoms with van der Waals surface area (Å²) < 4.78 is 5.33. The van der Waals surface area contributed by atoms with Gasteiger partial charge >= 0.3 is 0 Å². The summed E-state index contributed by atoms with van der Waals surface area (Å²) in [6, 6.07) is 1.90. The minimum Gasteiger partial charge on any atom is -0.378 e. The second kappa shape index (κ2) is 6.06. The SMILES string of the molecule is CC.CC1(c2cc(Cl)nc(N3CCOCC3)n2)CC1. The fraction of sp³-hybridized carbons (Fsp3) is 0.714. The molecule has 1 aliphatic carbocycles. The summed E-state index contributed by atoms with van der Waals surface area (Å²) in [5, 5.41) is 0.546. The van der Waals surface area contributed by atoms with Gasteiger partial charge in [0.05, 0.1) is 18.9 Å². The Balaban J connectivity index is 0.000000637. The van der Waals surface area contributed by atoms with Crippen molar-refractivity contribution < 1.29 is 4.74 Å². The van der Waals surface area contributed by atoms with Crippen molar-refractivity contribution >= 4 is 17.5 Å². The molecule has 0 N–H and O–H groups in total. The van der Waals surface area contributed by atoms with Gasteiger partial charge in [-0.15, -0.1) is 0 Å². The van der Waals surface area contributed by atoms with Gasteiger partial charge in [0.2, 0.25) is 5.95 Å². The van der Waals surface area contributed by atoms with Gasteiger partial charge in [-0.25, -0.2) is 9.97 Å². The molecule has 1 aromatic heterocycles. The van der Waals surface area contributed by atoms with Gasteiger partial charge in [-0.3, -0.25) is 0 Å². The number of hydrogen-bond donors (Lipinski definition) is 0. The Morgan fingerprint density at radius 1 is 1.21 bits per heavy atom. The maximum atomic E-state index is 6.09. The predicted molar refractivity (Wildman–Crippen MR) is 78.0 cm³/mol. The lowest BCUT2D eigenvalue weighted by Gasteiger charge is -2.27. The maximum Gasteiger partial charge on any atom is 0.227 e. The Labute approximate surface area is 120 Å². The van der Waals surface area contributed by atoms with Gasteiger partial charge in [0, 0.05) is 18.5 Å². The van der Waals surface area contributed by atoms with Gasteiger partial charge in [-0.05, 0) is 18.9 Å². The second-order valence-electron chi connectivity index (χ2n) is 5.04. The van der Waals surface area contributed by atoms with Gasteiger partial charge in [0.15, 0.2) is 0 Å². The Morgan fingerprint density at radius 3 is 2.42 bits per heavy atom. The van der Waals surface area contributed by atoms with E-state index in [1.165, 1.54) is 12.8 Å². The van der Waals surface area contributed by atoms with E-state index < -0.39 is 0 Å². The van der Waals surface area contributed by atoms with E-state index in [2.05, 4.69) is 21.8 Å². The van der Waals surface area contributed by atoms with Crippen LogP contribution in [0.15, 0.2) is 6.07 Å². The predicted octanol–water partition coefficient (Wildman–Crippen LogP) is 3.04. The van der Waals surface area contributed by atoms with Crippen LogP contribution in [0.5, 0.6) is 0 Å². The Bertz CT molecular complexity index is 429. The van der Waals surface area contributed by atoms with E-state index in [-0.39, 0.29) is 5.41 Å². The minimum atomic E-state index is 0.230. The average molecular weight is 284 g/mol. The molecular formula is C14H22ClN3O. The first-order valence-corrected chi connectivity index (χ1v) is 7.43. The van der Waals surface area contributed by atoms with Crippen LogP contribution in [0.1, 0.15) is 39.3 Å². The fourth-order valence-corrected chi connectivity index (χ4v) is 2.24. The number of halogens is 1. The Kier molecular flexibility index (Phi) is 4.63. The lowest BCUT2D eigenvalue weighted by atomic mass is 10.1. The van der Waals surface area contributed by atoms with E-state index in [9.17, 15) is 0 Å². The molecule has 1 aromatic rings. The first kappa shape index (κ1) is 14.5. The normalized spacial score (nSPS) is 20.5. The van der Waals surface area contributed by atoms with Crippen LogP contribution in [0.4, 0.5) is 5.95 Å². The monoisotopic (exact) mass is 283 g/mol. The van der Waals surface area contributed by atoms with Gasteiger partial charge in [0.25, 0.3) is 0 Å². The fourth-order valence-electron chi connectivity index (χ4n) is 2.06. The highest BCUT2D eigenvalue weighted by molar-refractivity contribution is 6.29. The second-order valence-corrected chi connectivity index (χ2v) is 5.42. The summed E-state index contributed by atoms with van der Waals surface area (Å²) in [7, 11) is 0. The van der Waals surface area contributed by atoms with E-state index in [1.54, 1.807) is 0 Å². The molecular weight excluding hydrogens is 262 g/mol. The van der Waals surface area contributed by atoms with Crippen LogP contribution in [0.2, 0.25) is 5.15 Å². The highest BCUT2D eigenvalue weighted by Crippen LogP contribution is 2.47. The van der Waals surface area contributed by atoms with Crippen LogP contribution >= 0.6 is 11.6 Å². The van der Waals surface area contributed by atoms with Gasteiger partial charge in [-0.2, -0.15) is 0 Å². The van der Waals surface area contributed by atoms with Crippen molar-refractivity contribution in [2.45, 2.75) is 39.0 Å². The average Bonchev–Trinajstić information content (AvgIpc) is 3.21. The summed E-state index contributed by atoms with van der Waals surface area (Å²) in [5.41, 5.74) is 1.31. The van der Waals surface area contributed by atoms with Crippen molar-refractivity contribution in [1.29, 1.82) is 0 Å². The first-order valence-electron chi connectivity index (χ1n) is 7.05. The van der Waals surface area contributed by atoms with Crippen molar-refractivity contribution in [3.05, 3.63) is 16.9 Å².